The van der Waals surface area contributed by atoms with Crippen LogP contribution in [0.3, 0.4) is 0 Å². The van der Waals surface area contributed by atoms with Crippen LogP contribution < -0.4 is 10.6 Å². The molecule has 0 aliphatic carbocycles. The van der Waals surface area contributed by atoms with Crippen LogP contribution in [0.15, 0.2) is 42.5 Å². The highest BCUT2D eigenvalue weighted by atomic mass is 35.5. The minimum Gasteiger partial charge on any atom is -0.478 e. The van der Waals surface area contributed by atoms with Crippen LogP contribution in [0.5, 0.6) is 0 Å². The minimum absolute atomic E-state index is 0.200. The number of nitrogens with one attached hydrogen (secondary N) is 2. The van der Waals surface area contributed by atoms with Gasteiger partial charge in [0.1, 0.15) is 5.69 Å². The number of hydrogen-bond acceptors (Lipinski definition) is 3. The predicted molar refractivity (Wildman–Crippen MR) is 118 cm³/mol. The maximum Gasteiger partial charge on any atom is 0.335 e. The van der Waals surface area contributed by atoms with Crippen molar-refractivity contribution >= 4 is 46.0 Å². The predicted octanol–water partition coefficient (Wildman–Crippen LogP) is 4.19. The molecule has 0 spiro atoms. The molecule has 0 saturated carbocycles. The zero-order chi connectivity index (χ0) is 21.5. The molecule has 1 fully saturated rings. The number of carboxylic acids is 1. The minimum atomic E-state index is -0.993. The van der Waals surface area contributed by atoms with Crippen molar-refractivity contribution in [2.75, 3.05) is 13.1 Å². The Hall–Kier alpha value is -2.54. The highest BCUT2D eigenvalue weighted by molar-refractivity contribution is 6.45. The van der Waals surface area contributed by atoms with Crippen molar-refractivity contribution in [3.05, 3.63) is 69.3 Å². The molecule has 0 radical (unpaired) electrons. The van der Waals surface area contributed by atoms with Gasteiger partial charge in [0.05, 0.1) is 21.1 Å². The molecular formula is C22H21Cl2N3O3. The number of rotatable bonds is 4. The van der Waals surface area contributed by atoms with E-state index in [-0.39, 0.29) is 11.5 Å². The van der Waals surface area contributed by atoms with Crippen LogP contribution in [0.4, 0.5) is 0 Å². The van der Waals surface area contributed by atoms with Gasteiger partial charge < -0.3 is 20.3 Å². The second-order valence-electron chi connectivity index (χ2n) is 7.55. The standard InChI is InChI=1S/C22H21Cl2N3O3/c1-27-17-6-5-16(23)19(24)15(17)12-18(27)20(28)26-22(7-9-25-10-8-22)14-4-2-3-13(11-14)21(29)30/h2-6,11-12,25H,7-10H2,1H3,(H,26,28)(H,29,30). The van der Waals surface area contributed by atoms with E-state index < -0.39 is 11.5 Å². The van der Waals surface area contributed by atoms with Gasteiger partial charge in [-0.1, -0.05) is 35.3 Å². The number of piperidine rings is 1. The Bertz CT molecular complexity index is 1150. The lowest BCUT2D eigenvalue weighted by molar-refractivity contribution is 0.0696. The fourth-order valence-corrected chi connectivity index (χ4v) is 4.52. The van der Waals surface area contributed by atoms with Gasteiger partial charge in [0.2, 0.25) is 0 Å². The molecule has 6 nitrogen and oxygen atoms in total. The van der Waals surface area contributed by atoms with Crippen LogP contribution >= 0.6 is 23.2 Å². The summed E-state index contributed by atoms with van der Waals surface area (Å²) in [6, 6.07) is 12.1. The van der Waals surface area contributed by atoms with E-state index in [2.05, 4.69) is 10.6 Å². The van der Waals surface area contributed by atoms with Gasteiger partial charge in [-0.3, -0.25) is 4.79 Å². The molecular weight excluding hydrogens is 425 g/mol. The molecule has 2 heterocycles. The molecule has 4 rings (SSSR count). The van der Waals surface area contributed by atoms with Crippen LogP contribution in [0.25, 0.3) is 10.9 Å². The summed E-state index contributed by atoms with van der Waals surface area (Å²) in [5, 5.41) is 17.4. The number of nitrogens with zero attached hydrogens (tertiary/aromatic N) is 1. The third-order valence-corrected chi connectivity index (χ3v) is 6.64. The van der Waals surface area contributed by atoms with E-state index in [0.29, 0.717) is 47.1 Å². The Morgan fingerprint density at radius 2 is 1.87 bits per heavy atom. The molecule has 1 aliphatic heterocycles. The Labute approximate surface area is 183 Å². The number of carboxylic acid groups (broad SMARTS) is 1. The summed E-state index contributed by atoms with van der Waals surface area (Å²) in [7, 11) is 1.81. The summed E-state index contributed by atoms with van der Waals surface area (Å²) in [5.41, 5.74) is 1.59. The first-order valence-electron chi connectivity index (χ1n) is 9.63. The molecule has 1 aromatic heterocycles. The molecule has 2 aromatic carbocycles. The molecule has 8 heteroatoms. The van der Waals surface area contributed by atoms with Crippen LogP contribution in [0.1, 0.15) is 39.3 Å². The zero-order valence-electron chi connectivity index (χ0n) is 16.3. The number of fused-ring (bicyclic) bond motifs is 1. The second kappa shape index (κ2) is 7.95. The first-order chi connectivity index (χ1) is 14.3. The number of aromatic carboxylic acids is 1. The van der Waals surface area contributed by atoms with Crippen molar-refractivity contribution in [3.8, 4) is 0 Å². The molecule has 3 aromatic rings. The molecule has 0 unspecified atom stereocenters. The molecule has 1 aliphatic rings. The number of aromatic nitrogens is 1. The van der Waals surface area contributed by atoms with E-state index in [4.69, 9.17) is 23.2 Å². The fourth-order valence-electron chi connectivity index (χ4n) is 4.14. The summed E-state index contributed by atoms with van der Waals surface area (Å²) in [6.45, 7) is 1.43. The SMILES string of the molecule is Cn1c(C(=O)NC2(c3cccc(C(=O)O)c3)CCNCC2)cc2c(Cl)c(Cl)ccc21. The zero-order valence-corrected chi connectivity index (χ0v) is 17.8. The van der Waals surface area contributed by atoms with Crippen molar-refractivity contribution in [2.45, 2.75) is 18.4 Å². The van der Waals surface area contributed by atoms with Gasteiger partial charge in [-0.2, -0.15) is 0 Å². The Balaban J connectivity index is 1.74. The quantitative estimate of drug-likeness (QED) is 0.561. The van der Waals surface area contributed by atoms with Crippen molar-refractivity contribution in [1.29, 1.82) is 0 Å². The van der Waals surface area contributed by atoms with Gasteiger partial charge in [-0.05, 0) is 61.8 Å². The third kappa shape index (κ3) is 3.55. The van der Waals surface area contributed by atoms with E-state index in [1.165, 1.54) is 0 Å². The highest BCUT2D eigenvalue weighted by Gasteiger charge is 2.36. The van der Waals surface area contributed by atoms with Crippen molar-refractivity contribution in [1.82, 2.24) is 15.2 Å². The van der Waals surface area contributed by atoms with Gasteiger partial charge in [0.25, 0.3) is 5.91 Å². The lowest BCUT2D eigenvalue weighted by Crippen LogP contribution is -2.52. The fraction of sp³-hybridized carbons (Fsp3) is 0.273. The molecule has 1 saturated heterocycles. The average Bonchev–Trinajstić information content (AvgIpc) is 3.09. The summed E-state index contributed by atoms with van der Waals surface area (Å²) in [4.78, 5) is 24.8. The van der Waals surface area contributed by atoms with Gasteiger partial charge in [0, 0.05) is 18.0 Å². The molecule has 156 valence electrons. The van der Waals surface area contributed by atoms with Crippen molar-refractivity contribution in [3.63, 3.8) is 0 Å². The largest absolute Gasteiger partial charge is 0.478 e. The second-order valence-corrected chi connectivity index (χ2v) is 8.34. The summed E-state index contributed by atoms with van der Waals surface area (Å²) in [5.74, 6) is -1.24. The lowest BCUT2D eigenvalue weighted by Gasteiger charge is -2.39. The van der Waals surface area contributed by atoms with E-state index in [1.54, 1.807) is 34.9 Å². The summed E-state index contributed by atoms with van der Waals surface area (Å²) >= 11 is 12.5. The van der Waals surface area contributed by atoms with Gasteiger partial charge in [-0.15, -0.1) is 0 Å². The van der Waals surface area contributed by atoms with E-state index in [9.17, 15) is 14.7 Å². The van der Waals surface area contributed by atoms with Gasteiger partial charge in [-0.25, -0.2) is 4.79 Å². The summed E-state index contributed by atoms with van der Waals surface area (Å²) < 4.78 is 1.79. The van der Waals surface area contributed by atoms with Gasteiger partial charge >= 0.3 is 5.97 Å². The highest BCUT2D eigenvalue weighted by Crippen LogP contribution is 2.34. The number of amides is 1. The van der Waals surface area contributed by atoms with Crippen LogP contribution in [-0.2, 0) is 12.6 Å². The average molecular weight is 446 g/mol. The molecule has 3 N–H and O–H groups in total. The smallest absolute Gasteiger partial charge is 0.335 e. The number of hydrogen-bond donors (Lipinski definition) is 3. The van der Waals surface area contributed by atoms with E-state index in [1.807, 2.05) is 19.2 Å². The Kier molecular flexibility index (Phi) is 5.49. The maximum absolute atomic E-state index is 13.4. The number of benzene rings is 2. The molecule has 0 bridgehead atoms. The topological polar surface area (TPSA) is 83.4 Å². The number of carbonyl (C=O) groups excluding carboxylic acids is 1. The first-order valence-corrected chi connectivity index (χ1v) is 10.4. The lowest BCUT2D eigenvalue weighted by atomic mass is 9.80. The molecule has 1 amide bonds. The molecule has 0 atom stereocenters. The normalized spacial score (nSPS) is 15.8. The van der Waals surface area contributed by atoms with Crippen LogP contribution in [0.2, 0.25) is 10.0 Å². The number of halogens is 2. The van der Waals surface area contributed by atoms with Crippen molar-refractivity contribution < 1.29 is 14.7 Å². The van der Waals surface area contributed by atoms with Crippen LogP contribution in [0, 0.1) is 0 Å². The van der Waals surface area contributed by atoms with E-state index >= 15 is 0 Å². The number of carbonyl (C=O) groups is 2. The molecule has 30 heavy (non-hydrogen) atoms. The third-order valence-electron chi connectivity index (χ3n) is 5.82. The first kappa shape index (κ1) is 20.7. The maximum atomic E-state index is 13.4. The summed E-state index contributed by atoms with van der Waals surface area (Å²) in [6.07, 6.45) is 1.30. The Morgan fingerprint density at radius 3 is 2.57 bits per heavy atom. The monoisotopic (exact) mass is 445 g/mol. The van der Waals surface area contributed by atoms with E-state index in [0.717, 1.165) is 11.1 Å². The van der Waals surface area contributed by atoms with Gasteiger partial charge in [0.15, 0.2) is 0 Å². The van der Waals surface area contributed by atoms with Crippen LogP contribution in [-0.4, -0.2) is 34.6 Å². The number of aryl methyl sites for hydroxylation is 1. The Morgan fingerprint density at radius 1 is 1.13 bits per heavy atom. The van der Waals surface area contributed by atoms with Crippen molar-refractivity contribution in [2.24, 2.45) is 7.05 Å².